The first kappa shape index (κ1) is 20.3. The molecule has 2 aromatic rings. The second-order valence-electron chi connectivity index (χ2n) is 7.95. The number of hydrogen-bond acceptors (Lipinski definition) is 5. The minimum absolute atomic E-state index is 0.0178. The normalized spacial score (nSPS) is 22.6. The predicted molar refractivity (Wildman–Crippen MR) is 111 cm³/mol. The van der Waals surface area contributed by atoms with Crippen LogP contribution >= 0.6 is 0 Å². The number of carbonyl (C=O) groups excluding carboxylic acids is 1. The van der Waals surface area contributed by atoms with E-state index in [1.807, 2.05) is 0 Å². The Morgan fingerprint density at radius 2 is 1.87 bits per heavy atom. The van der Waals surface area contributed by atoms with Crippen molar-refractivity contribution in [3.63, 3.8) is 0 Å². The van der Waals surface area contributed by atoms with Gasteiger partial charge in [-0.3, -0.25) is 19.2 Å². The van der Waals surface area contributed by atoms with E-state index in [1.54, 1.807) is 18.2 Å². The van der Waals surface area contributed by atoms with Crippen LogP contribution in [0.3, 0.4) is 0 Å². The first-order valence-electron chi connectivity index (χ1n) is 9.96. The Bertz CT molecular complexity index is 1060. The van der Waals surface area contributed by atoms with Crippen LogP contribution in [0.4, 0.5) is 11.4 Å². The van der Waals surface area contributed by atoms with Crippen molar-refractivity contribution in [1.82, 2.24) is 5.32 Å². The molecule has 0 aromatic heterocycles. The molecule has 4 rings (SSSR count). The van der Waals surface area contributed by atoms with Gasteiger partial charge in [0.2, 0.25) is 5.91 Å². The van der Waals surface area contributed by atoms with Crippen LogP contribution in [-0.4, -0.2) is 31.8 Å². The summed E-state index contributed by atoms with van der Waals surface area (Å²) in [6.45, 7) is -0.438. The molecule has 3 atom stereocenters. The van der Waals surface area contributed by atoms with E-state index in [4.69, 9.17) is 0 Å². The molecule has 0 radical (unpaired) electrons. The summed E-state index contributed by atoms with van der Waals surface area (Å²) in [5.74, 6) is 0.690. The molecule has 2 aliphatic rings. The average Bonchev–Trinajstić information content (AvgIpc) is 3.36. The van der Waals surface area contributed by atoms with Crippen molar-refractivity contribution >= 4 is 27.3 Å². The van der Waals surface area contributed by atoms with Gasteiger partial charge in [-0.1, -0.05) is 30.7 Å². The molecule has 0 unspecified atom stereocenters. The van der Waals surface area contributed by atoms with Crippen LogP contribution in [0.2, 0.25) is 0 Å². The maximum absolute atomic E-state index is 13.3. The van der Waals surface area contributed by atoms with E-state index in [0.29, 0.717) is 11.8 Å². The van der Waals surface area contributed by atoms with Crippen LogP contribution in [0.1, 0.15) is 25.7 Å². The molecule has 2 fully saturated rings. The highest BCUT2D eigenvalue weighted by molar-refractivity contribution is 7.92. The number of carbonyl (C=O) groups is 1. The van der Waals surface area contributed by atoms with Crippen molar-refractivity contribution in [3.05, 3.63) is 64.7 Å². The standard InChI is InChI=1S/C21H23N3O5S/c25-21(22-20-12-15-9-10-16(20)11-15)14-23(17-5-4-6-18(13-17)24(26)27)30(28,29)19-7-2-1-3-8-19/h1-8,13,15-16,20H,9-12,14H2,(H,22,25)/t15-,16+,20+/m1/s1. The van der Waals surface area contributed by atoms with E-state index in [2.05, 4.69) is 5.32 Å². The molecule has 2 saturated carbocycles. The number of rotatable bonds is 7. The first-order chi connectivity index (χ1) is 14.3. The quantitative estimate of drug-likeness (QED) is 0.537. The highest BCUT2D eigenvalue weighted by Crippen LogP contribution is 2.44. The van der Waals surface area contributed by atoms with Gasteiger partial charge in [0, 0.05) is 18.2 Å². The van der Waals surface area contributed by atoms with Gasteiger partial charge in [-0.25, -0.2) is 8.42 Å². The van der Waals surface area contributed by atoms with E-state index in [1.165, 1.54) is 42.8 Å². The summed E-state index contributed by atoms with van der Waals surface area (Å²) in [5, 5.41) is 14.2. The van der Waals surface area contributed by atoms with Gasteiger partial charge in [-0.05, 0) is 49.3 Å². The third-order valence-electron chi connectivity index (χ3n) is 6.03. The van der Waals surface area contributed by atoms with Crippen LogP contribution in [0.25, 0.3) is 0 Å². The van der Waals surface area contributed by atoms with Crippen LogP contribution in [0.15, 0.2) is 59.5 Å². The van der Waals surface area contributed by atoms with E-state index < -0.39 is 27.4 Å². The van der Waals surface area contributed by atoms with Crippen LogP contribution in [-0.2, 0) is 14.8 Å². The third kappa shape index (κ3) is 4.02. The van der Waals surface area contributed by atoms with Gasteiger partial charge in [0.15, 0.2) is 0 Å². The zero-order valence-electron chi connectivity index (χ0n) is 16.3. The molecule has 0 aliphatic heterocycles. The predicted octanol–water partition coefficient (Wildman–Crippen LogP) is 3.09. The Labute approximate surface area is 175 Å². The SMILES string of the molecule is O=C(CN(c1cccc([N+](=O)[O-])c1)S(=O)(=O)c1ccccc1)N[C@H]1C[C@@H]2CC[C@H]1C2. The van der Waals surface area contributed by atoms with Crippen LogP contribution in [0, 0.1) is 22.0 Å². The summed E-state index contributed by atoms with van der Waals surface area (Å²) in [5.41, 5.74) is -0.162. The second-order valence-corrected chi connectivity index (χ2v) is 9.81. The number of anilines is 1. The average molecular weight is 429 g/mol. The molecular formula is C21H23N3O5S. The zero-order valence-corrected chi connectivity index (χ0v) is 17.1. The number of nitro groups is 1. The molecule has 1 N–H and O–H groups in total. The number of sulfonamides is 1. The Hall–Kier alpha value is -2.94. The van der Waals surface area contributed by atoms with Crippen molar-refractivity contribution in [3.8, 4) is 0 Å². The zero-order chi connectivity index (χ0) is 21.3. The second kappa shape index (κ2) is 8.06. The maximum atomic E-state index is 13.3. The number of nitrogens with zero attached hydrogens (tertiary/aromatic N) is 2. The summed E-state index contributed by atoms with van der Waals surface area (Å²) in [6, 6.07) is 13.1. The molecule has 9 heteroatoms. The molecular weight excluding hydrogens is 406 g/mol. The Kier molecular flexibility index (Phi) is 5.46. The highest BCUT2D eigenvalue weighted by Gasteiger charge is 2.40. The summed E-state index contributed by atoms with van der Waals surface area (Å²) in [4.78, 5) is 23.4. The molecule has 158 valence electrons. The van der Waals surface area contributed by atoms with E-state index in [9.17, 15) is 23.3 Å². The van der Waals surface area contributed by atoms with Crippen LogP contribution in [0.5, 0.6) is 0 Å². The minimum Gasteiger partial charge on any atom is -0.352 e. The molecule has 30 heavy (non-hydrogen) atoms. The van der Waals surface area contributed by atoms with Crippen molar-refractivity contribution in [1.29, 1.82) is 0 Å². The van der Waals surface area contributed by atoms with E-state index >= 15 is 0 Å². The number of fused-ring (bicyclic) bond motifs is 2. The summed E-state index contributed by atoms with van der Waals surface area (Å²) >= 11 is 0. The lowest BCUT2D eigenvalue weighted by Crippen LogP contribution is -2.46. The Morgan fingerprint density at radius 3 is 2.50 bits per heavy atom. The Balaban J connectivity index is 1.62. The Morgan fingerprint density at radius 1 is 1.10 bits per heavy atom. The molecule has 2 aromatic carbocycles. The third-order valence-corrected chi connectivity index (χ3v) is 7.82. The summed E-state index contributed by atoms with van der Waals surface area (Å²) < 4.78 is 27.5. The first-order valence-corrected chi connectivity index (χ1v) is 11.4. The van der Waals surface area contributed by atoms with Gasteiger partial charge < -0.3 is 5.32 Å². The number of nitrogens with one attached hydrogen (secondary N) is 1. The van der Waals surface area contributed by atoms with Crippen molar-refractivity contribution in [2.24, 2.45) is 11.8 Å². The summed E-state index contributed by atoms with van der Waals surface area (Å²) in [7, 11) is -4.09. The molecule has 2 aliphatic carbocycles. The number of benzene rings is 2. The molecule has 0 heterocycles. The maximum Gasteiger partial charge on any atom is 0.271 e. The van der Waals surface area contributed by atoms with Crippen molar-refractivity contribution < 1.29 is 18.1 Å². The van der Waals surface area contributed by atoms with Gasteiger partial charge in [0.25, 0.3) is 15.7 Å². The lowest BCUT2D eigenvalue weighted by Gasteiger charge is -2.27. The number of amides is 1. The fraction of sp³-hybridized carbons (Fsp3) is 0.381. The lowest BCUT2D eigenvalue weighted by atomic mass is 9.95. The van der Waals surface area contributed by atoms with Crippen molar-refractivity contribution in [2.75, 3.05) is 10.8 Å². The van der Waals surface area contributed by atoms with Crippen LogP contribution < -0.4 is 9.62 Å². The van der Waals surface area contributed by atoms with E-state index in [-0.39, 0.29) is 22.3 Å². The number of hydrogen-bond donors (Lipinski definition) is 1. The number of non-ortho nitro benzene ring substituents is 1. The fourth-order valence-electron chi connectivity index (χ4n) is 4.60. The lowest BCUT2D eigenvalue weighted by molar-refractivity contribution is -0.384. The van der Waals surface area contributed by atoms with Gasteiger partial charge in [-0.15, -0.1) is 0 Å². The topological polar surface area (TPSA) is 110 Å². The number of nitro benzene ring substituents is 1. The van der Waals surface area contributed by atoms with Gasteiger partial charge in [0.05, 0.1) is 15.5 Å². The monoisotopic (exact) mass is 429 g/mol. The molecule has 0 spiro atoms. The molecule has 8 nitrogen and oxygen atoms in total. The smallest absolute Gasteiger partial charge is 0.271 e. The van der Waals surface area contributed by atoms with Gasteiger partial charge in [-0.2, -0.15) is 0 Å². The van der Waals surface area contributed by atoms with E-state index in [0.717, 1.165) is 23.6 Å². The molecule has 1 amide bonds. The van der Waals surface area contributed by atoms with Gasteiger partial charge >= 0.3 is 0 Å². The van der Waals surface area contributed by atoms with Crippen molar-refractivity contribution in [2.45, 2.75) is 36.6 Å². The molecule has 2 bridgehead atoms. The summed E-state index contributed by atoms with van der Waals surface area (Å²) in [6.07, 6.45) is 4.33. The minimum atomic E-state index is -4.09. The highest BCUT2D eigenvalue weighted by atomic mass is 32.2. The van der Waals surface area contributed by atoms with Gasteiger partial charge in [0.1, 0.15) is 6.54 Å². The molecule has 0 saturated heterocycles. The fourth-order valence-corrected chi connectivity index (χ4v) is 6.03. The largest absolute Gasteiger partial charge is 0.352 e.